The highest BCUT2D eigenvalue weighted by Gasteiger charge is 2.32. The van der Waals surface area contributed by atoms with Crippen molar-refractivity contribution in [2.24, 2.45) is 7.05 Å². The Morgan fingerprint density at radius 2 is 1.71 bits per heavy atom. The van der Waals surface area contributed by atoms with Gasteiger partial charge in [0.1, 0.15) is 11.6 Å². The summed E-state index contributed by atoms with van der Waals surface area (Å²) in [6.45, 7) is 7.78. The molecule has 28 heavy (non-hydrogen) atoms. The zero-order valence-corrected chi connectivity index (χ0v) is 18.2. The van der Waals surface area contributed by atoms with Gasteiger partial charge in [0, 0.05) is 71.2 Å². The van der Waals surface area contributed by atoms with Gasteiger partial charge in [0.15, 0.2) is 5.03 Å². The number of anilines is 2. The second kappa shape index (κ2) is 7.67. The third kappa shape index (κ3) is 3.97. The first kappa shape index (κ1) is 20.5. The van der Waals surface area contributed by atoms with Gasteiger partial charge >= 0.3 is 0 Å². The Labute approximate surface area is 167 Å². The third-order valence-corrected chi connectivity index (χ3v) is 6.59. The van der Waals surface area contributed by atoms with Gasteiger partial charge in [-0.3, -0.25) is 0 Å². The normalized spacial score (nSPS) is 16.0. The summed E-state index contributed by atoms with van der Waals surface area (Å²) < 4.78 is 29.3. The van der Waals surface area contributed by atoms with Crippen molar-refractivity contribution in [2.75, 3.05) is 50.1 Å². The fourth-order valence-corrected chi connectivity index (χ4v) is 4.69. The number of imidazole rings is 1. The van der Waals surface area contributed by atoms with Gasteiger partial charge in [0.2, 0.25) is 5.95 Å². The first-order chi connectivity index (χ1) is 13.1. The van der Waals surface area contributed by atoms with Crippen LogP contribution in [0.25, 0.3) is 0 Å². The van der Waals surface area contributed by atoms with E-state index in [4.69, 9.17) is 0 Å². The van der Waals surface area contributed by atoms with Crippen molar-refractivity contribution in [3.63, 3.8) is 0 Å². The van der Waals surface area contributed by atoms with Crippen LogP contribution in [0.4, 0.5) is 11.8 Å². The highest BCUT2D eigenvalue weighted by molar-refractivity contribution is 7.89. The predicted octanol–water partition coefficient (Wildman–Crippen LogP) is 1.22. The minimum atomic E-state index is -3.61. The van der Waals surface area contributed by atoms with Crippen molar-refractivity contribution in [3.05, 3.63) is 23.8 Å². The molecule has 0 radical (unpaired) electrons. The smallest absolute Gasteiger partial charge is 0.262 e. The Morgan fingerprint density at radius 3 is 2.25 bits per heavy atom. The summed E-state index contributed by atoms with van der Waals surface area (Å²) in [5, 5.41) is 0.119. The molecule has 9 nitrogen and oxygen atoms in total. The molecule has 2 aromatic heterocycles. The Bertz CT molecular complexity index is 945. The average Bonchev–Trinajstić information content (AvgIpc) is 3.04. The third-order valence-electron chi connectivity index (χ3n) is 4.82. The topological polar surface area (TPSA) is 87.5 Å². The number of hydrogen-bond acceptors (Lipinski definition) is 7. The standard InChI is InChI=1S/C18H29N7O2S/c1-13(2)17-21-16(12-23(17)6)28(26,27)25-9-7-24(8-10-25)18-19-14(3)11-15(20-18)22(4)5/h11-13H,7-10H2,1-6H3. The number of sulfonamides is 1. The molecule has 1 aliphatic rings. The quantitative estimate of drug-likeness (QED) is 0.736. The van der Waals surface area contributed by atoms with Crippen molar-refractivity contribution < 1.29 is 8.42 Å². The van der Waals surface area contributed by atoms with E-state index in [0.717, 1.165) is 17.3 Å². The molecule has 0 atom stereocenters. The molecule has 1 fully saturated rings. The summed E-state index contributed by atoms with van der Waals surface area (Å²) in [7, 11) is 2.10. The van der Waals surface area contributed by atoms with Crippen LogP contribution in [0.1, 0.15) is 31.3 Å². The van der Waals surface area contributed by atoms with Crippen molar-refractivity contribution in [3.8, 4) is 0 Å². The minimum absolute atomic E-state index is 0.119. The van der Waals surface area contributed by atoms with Crippen LogP contribution in [0, 0.1) is 6.92 Å². The van der Waals surface area contributed by atoms with E-state index >= 15 is 0 Å². The van der Waals surface area contributed by atoms with Crippen LogP contribution >= 0.6 is 0 Å². The predicted molar refractivity (Wildman–Crippen MR) is 109 cm³/mol. The fourth-order valence-electron chi connectivity index (χ4n) is 3.28. The highest BCUT2D eigenvalue weighted by atomic mass is 32.2. The molecule has 0 N–H and O–H groups in total. The molecule has 10 heteroatoms. The molecule has 0 aromatic carbocycles. The Kier molecular flexibility index (Phi) is 5.62. The van der Waals surface area contributed by atoms with Gasteiger partial charge in [-0.1, -0.05) is 13.8 Å². The number of piperazine rings is 1. The molecule has 0 aliphatic carbocycles. The summed E-state index contributed by atoms with van der Waals surface area (Å²) in [5.41, 5.74) is 0.887. The van der Waals surface area contributed by atoms with E-state index < -0.39 is 10.0 Å². The van der Waals surface area contributed by atoms with Gasteiger partial charge in [0.05, 0.1) is 0 Å². The zero-order chi connectivity index (χ0) is 20.6. The minimum Gasteiger partial charge on any atom is -0.363 e. The van der Waals surface area contributed by atoms with E-state index in [2.05, 4.69) is 15.0 Å². The van der Waals surface area contributed by atoms with Crippen molar-refractivity contribution in [1.29, 1.82) is 0 Å². The molecular weight excluding hydrogens is 378 g/mol. The van der Waals surface area contributed by atoms with Crippen molar-refractivity contribution in [1.82, 2.24) is 23.8 Å². The number of hydrogen-bond donors (Lipinski definition) is 0. The van der Waals surface area contributed by atoms with Crippen molar-refractivity contribution in [2.45, 2.75) is 31.7 Å². The lowest BCUT2D eigenvalue weighted by atomic mass is 10.2. The Balaban J connectivity index is 1.75. The van der Waals surface area contributed by atoms with E-state index in [0.29, 0.717) is 32.1 Å². The maximum atomic E-state index is 13.0. The molecule has 3 rings (SSSR count). The van der Waals surface area contributed by atoms with Gasteiger partial charge < -0.3 is 14.4 Å². The van der Waals surface area contributed by atoms with Crippen LogP contribution in [0.15, 0.2) is 17.3 Å². The van der Waals surface area contributed by atoms with Crippen LogP contribution in [0.5, 0.6) is 0 Å². The summed E-state index contributed by atoms with van der Waals surface area (Å²) in [4.78, 5) is 17.5. The van der Waals surface area contributed by atoms with E-state index in [1.165, 1.54) is 4.31 Å². The van der Waals surface area contributed by atoms with Crippen molar-refractivity contribution >= 4 is 21.8 Å². The van der Waals surface area contributed by atoms with Crippen LogP contribution in [-0.4, -0.2) is 72.5 Å². The molecular formula is C18H29N7O2S. The molecule has 2 aromatic rings. The highest BCUT2D eigenvalue weighted by Crippen LogP contribution is 2.22. The van der Waals surface area contributed by atoms with Crippen LogP contribution in [0.2, 0.25) is 0 Å². The second-order valence-electron chi connectivity index (χ2n) is 7.66. The number of aromatic nitrogens is 4. The average molecular weight is 408 g/mol. The van der Waals surface area contributed by atoms with Gasteiger partial charge in [-0.2, -0.15) is 9.29 Å². The van der Waals surface area contributed by atoms with E-state index in [-0.39, 0.29) is 10.9 Å². The molecule has 3 heterocycles. The molecule has 0 bridgehead atoms. The lowest BCUT2D eigenvalue weighted by molar-refractivity contribution is 0.381. The molecule has 154 valence electrons. The SMILES string of the molecule is Cc1cc(N(C)C)nc(N2CCN(S(=O)(=O)c3cn(C)c(C(C)C)n3)CC2)n1. The van der Waals surface area contributed by atoms with Crippen LogP contribution in [-0.2, 0) is 17.1 Å². The molecule has 0 saturated carbocycles. The first-order valence-corrected chi connectivity index (χ1v) is 10.8. The van der Waals surface area contributed by atoms with Gasteiger partial charge in [-0.15, -0.1) is 0 Å². The van der Waals surface area contributed by atoms with Crippen LogP contribution in [0.3, 0.4) is 0 Å². The number of rotatable bonds is 5. The zero-order valence-electron chi connectivity index (χ0n) is 17.4. The maximum Gasteiger partial charge on any atom is 0.262 e. The van der Waals surface area contributed by atoms with Gasteiger partial charge in [0.25, 0.3) is 10.0 Å². The number of aryl methyl sites for hydroxylation is 2. The van der Waals surface area contributed by atoms with Crippen LogP contribution < -0.4 is 9.80 Å². The van der Waals surface area contributed by atoms with E-state index in [1.54, 1.807) is 10.8 Å². The lowest BCUT2D eigenvalue weighted by Crippen LogP contribution is -2.49. The fraction of sp³-hybridized carbons (Fsp3) is 0.611. The molecule has 1 aliphatic heterocycles. The van der Waals surface area contributed by atoms with E-state index in [9.17, 15) is 8.42 Å². The van der Waals surface area contributed by atoms with Gasteiger partial charge in [-0.25, -0.2) is 18.4 Å². The summed E-state index contributed by atoms with van der Waals surface area (Å²) >= 11 is 0. The van der Waals surface area contributed by atoms with Gasteiger partial charge in [-0.05, 0) is 6.92 Å². The second-order valence-corrected chi connectivity index (χ2v) is 9.54. The Morgan fingerprint density at radius 1 is 1.07 bits per heavy atom. The summed E-state index contributed by atoms with van der Waals surface area (Å²) in [5.74, 6) is 2.41. The molecule has 0 unspecified atom stereocenters. The maximum absolute atomic E-state index is 13.0. The Hall–Kier alpha value is -2.20. The summed E-state index contributed by atoms with van der Waals surface area (Å²) in [6.07, 6.45) is 1.60. The summed E-state index contributed by atoms with van der Waals surface area (Å²) in [6, 6.07) is 1.93. The molecule has 1 saturated heterocycles. The lowest BCUT2D eigenvalue weighted by Gasteiger charge is -2.33. The van der Waals surface area contributed by atoms with E-state index in [1.807, 2.05) is 57.8 Å². The monoisotopic (exact) mass is 407 g/mol. The number of nitrogens with zero attached hydrogens (tertiary/aromatic N) is 7. The molecule has 0 spiro atoms. The largest absolute Gasteiger partial charge is 0.363 e. The first-order valence-electron chi connectivity index (χ1n) is 9.41. The molecule has 0 amide bonds.